The molecule has 3 aromatic heterocycles. The number of hydrogen-bond donors (Lipinski definition) is 0. The molecule has 68 heavy (non-hydrogen) atoms. The molecule has 0 bridgehead atoms. The van der Waals surface area contributed by atoms with Gasteiger partial charge in [-0.1, -0.05) is 145 Å². The summed E-state index contributed by atoms with van der Waals surface area (Å²) in [7, 11) is 0. The van der Waals surface area contributed by atoms with E-state index in [9.17, 15) is 0 Å². The number of hydrogen-bond acceptors (Lipinski definition) is 4. The number of fused-ring (bicyclic) bond motifs is 16. The van der Waals surface area contributed by atoms with E-state index in [0.29, 0.717) is 0 Å². The van der Waals surface area contributed by atoms with Crippen molar-refractivity contribution in [2.24, 2.45) is 0 Å². The second-order valence-corrected chi connectivity index (χ2v) is 20.9. The fourth-order valence-corrected chi connectivity index (χ4v) is 11.6. The van der Waals surface area contributed by atoms with E-state index >= 15 is 0 Å². The maximum atomic E-state index is 7.29. The van der Waals surface area contributed by atoms with Crippen LogP contribution in [-0.4, -0.2) is 11.4 Å². The average Bonchev–Trinajstić information content (AvgIpc) is 4.02. The van der Waals surface area contributed by atoms with Crippen LogP contribution in [0.5, 0.6) is 0 Å². The van der Waals surface area contributed by atoms with Crippen molar-refractivity contribution in [1.82, 2.24) is 4.57 Å². The molecule has 0 saturated carbocycles. The fourth-order valence-electron chi connectivity index (χ4n) is 11.6. The van der Waals surface area contributed by atoms with Crippen molar-refractivity contribution in [3.63, 3.8) is 0 Å². The number of aromatic nitrogens is 1. The Kier molecular flexibility index (Phi) is 7.96. The second kappa shape index (κ2) is 13.8. The van der Waals surface area contributed by atoms with Gasteiger partial charge in [0.2, 0.25) is 0 Å². The quantitative estimate of drug-likeness (QED) is 0.165. The van der Waals surface area contributed by atoms with Gasteiger partial charge >= 0.3 is 6.85 Å². The molecular formula is C62H48BN3O2. The maximum absolute atomic E-state index is 7.29. The minimum absolute atomic E-state index is 0.00130. The number of furan rings is 2. The number of nitrogens with zero attached hydrogens (tertiary/aromatic N) is 3. The van der Waals surface area contributed by atoms with E-state index in [1.165, 1.54) is 44.0 Å². The van der Waals surface area contributed by atoms with Crippen LogP contribution in [-0.2, 0) is 10.8 Å². The smallest absolute Gasteiger partial charge is 0.333 e. The van der Waals surface area contributed by atoms with Crippen LogP contribution in [0, 0.1) is 0 Å². The zero-order valence-corrected chi connectivity index (χ0v) is 39.1. The molecule has 9 aromatic carbocycles. The molecule has 0 fully saturated rings. The van der Waals surface area contributed by atoms with Crippen LogP contribution in [0.1, 0.15) is 52.7 Å². The summed E-state index contributed by atoms with van der Waals surface area (Å²) in [6.45, 7) is 13.6. The van der Waals surface area contributed by atoms with Crippen molar-refractivity contribution < 1.29 is 8.83 Å². The van der Waals surface area contributed by atoms with Crippen LogP contribution in [0.25, 0.3) is 82.5 Å². The Balaban J connectivity index is 1.19. The third-order valence-corrected chi connectivity index (χ3v) is 14.8. The fraction of sp³-hybridized carbons (Fsp3) is 0.129. The summed E-state index contributed by atoms with van der Waals surface area (Å²) in [5.74, 6) is 0. The standard InChI is InChI=1S/C62H48BN3O2/c1-61(2,3)37-25-28-41(29-26-37)66-51-35-46-43-21-13-15-23-52(43)67-54(46)36-47(51)57-58-59-55(56-45-22-14-16-24-53(45)68-60(56)57)44-31-30-42(64(39-17-9-7-10-18-39)40-19-11-8-12-20-40)34-50(44)65(59)49-32-27-38(62(4,5)6)33-48(49)63(58)66/h7-36H,1-6H3. The molecule has 14 rings (SSSR count). The summed E-state index contributed by atoms with van der Waals surface area (Å²) >= 11 is 0. The molecule has 0 unspecified atom stereocenters. The Morgan fingerprint density at radius 2 is 1.10 bits per heavy atom. The number of para-hydroxylation sites is 4. The van der Waals surface area contributed by atoms with E-state index in [0.717, 1.165) is 89.0 Å². The van der Waals surface area contributed by atoms with Gasteiger partial charge in [0.15, 0.2) is 0 Å². The highest BCUT2D eigenvalue weighted by atomic mass is 16.3. The van der Waals surface area contributed by atoms with Gasteiger partial charge in [0.1, 0.15) is 22.3 Å². The highest BCUT2D eigenvalue weighted by molar-refractivity contribution is 6.94. The van der Waals surface area contributed by atoms with E-state index in [1.807, 2.05) is 0 Å². The van der Waals surface area contributed by atoms with E-state index in [2.05, 4.69) is 238 Å². The highest BCUT2D eigenvalue weighted by Crippen LogP contribution is 2.53. The van der Waals surface area contributed by atoms with Crippen molar-refractivity contribution in [2.75, 3.05) is 9.71 Å². The van der Waals surface area contributed by atoms with Gasteiger partial charge < -0.3 is 23.1 Å². The van der Waals surface area contributed by atoms with Crippen molar-refractivity contribution in [3.05, 3.63) is 193 Å². The van der Waals surface area contributed by atoms with Crippen molar-refractivity contribution >= 4 is 112 Å². The van der Waals surface area contributed by atoms with Crippen molar-refractivity contribution in [2.45, 2.75) is 52.4 Å². The van der Waals surface area contributed by atoms with Crippen LogP contribution in [0.3, 0.4) is 0 Å². The lowest BCUT2D eigenvalue weighted by molar-refractivity contribution is 0.590. The summed E-state index contributed by atoms with van der Waals surface area (Å²) in [6.07, 6.45) is 0. The monoisotopic (exact) mass is 877 g/mol. The second-order valence-electron chi connectivity index (χ2n) is 20.9. The first kappa shape index (κ1) is 39.2. The molecule has 0 atom stereocenters. The Morgan fingerprint density at radius 3 is 1.79 bits per heavy atom. The van der Waals surface area contributed by atoms with Crippen molar-refractivity contribution in [3.8, 4) is 16.8 Å². The van der Waals surface area contributed by atoms with E-state index in [-0.39, 0.29) is 17.7 Å². The summed E-state index contributed by atoms with van der Waals surface area (Å²) < 4.78 is 16.6. The summed E-state index contributed by atoms with van der Waals surface area (Å²) in [4.78, 5) is 5.00. The lowest BCUT2D eigenvalue weighted by Gasteiger charge is -2.42. The predicted octanol–water partition coefficient (Wildman–Crippen LogP) is 15.9. The molecule has 326 valence electrons. The molecule has 0 N–H and O–H groups in total. The summed E-state index contributed by atoms with van der Waals surface area (Å²) in [5.41, 5.74) is 19.9. The largest absolute Gasteiger partial charge is 0.456 e. The lowest BCUT2D eigenvalue weighted by atomic mass is 9.43. The Bertz CT molecular complexity index is 4010. The van der Waals surface area contributed by atoms with Gasteiger partial charge in [-0.15, -0.1) is 0 Å². The zero-order valence-electron chi connectivity index (χ0n) is 39.1. The molecule has 5 nitrogen and oxygen atoms in total. The molecular weight excluding hydrogens is 830 g/mol. The first-order chi connectivity index (χ1) is 33.0. The van der Waals surface area contributed by atoms with Gasteiger partial charge in [-0.25, -0.2) is 0 Å². The van der Waals surface area contributed by atoms with Gasteiger partial charge in [0.25, 0.3) is 0 Å². The van der Waals surface area contributed by atoms with Crippen LogP contribution in [0.2, 0.25) is 0 Å². The topological polar surface area (TPSA) is 37.7 Å². The third-order valence-electron chi connectivity index (χ3n) is 14.8. The van der Waals surface area contributed by atoms with Gasteiger partial charge in [-0.05, 0) is 112 Å². The van der Waals surface area contributed by atoms with Crippen LogP contribution >= 0.6 is 0 Å². The molecule has 0 radical (unpaired) electrons. The Morgan fingerprint density at radius 1 is 0.471 bits per heavy atom. The van der Waals surface area contributed by atoms with Crippen LogP contribution in [0.4, 0.5) is 28.4 Å². The van der Waals surface area contributed by atoms with Crippen LogP contribution < -0.4 is 20.6 Å². The SMILES string of the molecule is CC(C)(C)c1ccc(N2B3c4cc(C(C)(C)C)ccc4-n4c5cc(N(c6ccccc6)c6ccccc6)ccc5c5c6c(oc7ccccc76)c(c3c54)-c3cc4oc5ccccc5c4cc32)cc1. The number of benzene rings is 9. The Labute approximate surface area is 395 Å². The van der Waals surface area contributed by atoms with Gasteiger partial charge in [-0.2, -0.15) is 0 Å². The molecule has 2 aliphatic heterocycles. The van der Waals surface area contributed by atoms with Gasteiger partial charge in [0, 0.05) is 77.6 Å². The third kappa shape index (κ3) is 5.46. The number of rotatable bonds is 4. The maximum Gasteiger partial charge on any atom is 0.333 e. The zero-order chi connectivity index (χ0) is 45.8. The molecule has 5 heterocycles. The van der Waals surface area contributed by atoms with Gasteiger partial charge in [-0.3, -0.25) is 0 Å². The molecule has 12 aromatic rings. The molecule has 0 amide bonds. The van der Waals surface area contributed by atoms with E-state index < -0.39 is 0 Å². The first-order valence-corrected chi connectivity index (χ1v) is 23.9. The predicted molar refractivity (Wildman–Crippen MR) is 286 cm³/mol. The Hall–Kier alpha value is -7.96. The first-order valence-electron chi connectivity index (χ1n) is 23.9. The highest BCUT2D eigenvalue weighted by Gasteiger charge is 2.47. The molecule has 0 spiro atoms. The molecule has 0 saturated heterocycles. The number of anilines is 5. The van der Waals surface area contributed by atoms with Crippen LogP contribution in [0.15, 0.2) is 191 Å². The summed E-state index contributed by atoms with van der Waals surface area (Å²) in [6, 6.07) is 66.8. The van der Waals surface area contributed by atoms with E-state index in [4.69, 9.17) is 8.83 Å². The molecule has 2 aliphatic rings. The van der Waals surface area contributed by atoms with E-state index in [1.54, 1.807) is 0 Å². The minimum Gasteiger partial charge on any atom is -0.456 e. The lowest BCUT2D eigenvalue weighted by Crippen LogP contribution is -2.60. The molecule has 0 aliphatic carbocycles. The molecule has 6 heteroatoms. The van der Waals surface area contributed by atoms with Crippen molar-refractivity contribution in [1.29, 1.82) is 0 Å². The average molecular weight is 878 g/mol. The normalized spacial score (nSPS) is 13.4. The van der Waals surface area contributed by atoms with Gasteiger partial charge in [0.05, 0.1) is 11.0 Å². The summed E-state index contributed by atoms with van der Waals surface area (Å²) in [5, 5.41) is 6.86. The minimum atomic E-state index is -0.201.